The van der Waals surface area contributed by atoms with Gasteiger partial charge in [0.2, 0.25) is 0 Å². The predicted molar refractivity (Wildman–Crippen MR) is 102 cm³/mol. The zero-order chi connectivity index (χ0) is 15.5. The average Bonchev–Trinajstić information content (AvgIpc) is 3.12. The lowest BCUT2D eigenvalue weighted by molar-refractivity contribution is 0.834. The number of fused-ring (bicyclic) bond motifs is 1. The molecule has 0 radical (unpaired) electrons. The first-order chi connectivity index (χ1) is 10.6. The van der Waals surface area contributed by atoms with E-state index in [0.29, 0.717) is 5.84 Å². The van der Waals surface area contributed by atoms with Crippen molar-refractivity contribution in [3.8, 4) is 0 Å². The van der Waals surface area contributed by atoms with Crippen molar-refractivity contribution in [1.29, 1.82) is 0 Å². The number of nitrogens with two attached hydrogens (primary N) is 1. The van der Waals surface area contributed by atoms with Crippen molar-refractivity contribution in [2.45, 2.75) is 19.9 Å². The summed E-state index contributed by atoms with van der Waals surface area (Å²) in [6, 6.07) is 10.2. The van der Waals surface area contributed by atoms with E-state index >= 15 is 0 Å². The minimum absolute atomic E-state index is 0. The maximum Gasteiger partial charge on any atom is 0.131 e. The Morgan fingerprint density at radius 2 is 2.13 bits per heavy atom. The van der Waals surface area contributed by atoms with Gasteiger partial charge >= 0.3 is 0 Å². The summed E-state index contributed by atoms with van der Waals surface area (Å²) in [5.74, 6) is 1.39. The normalized spacial score (nSPS) is 12.2. The lowest BCUT2D eigenvalue weighted by Crippen LogP contribution is -2.15. The van der Waals surface area contributed by atoms with Gasteiger partial charge in [0.05, 0.1) is 11.0 Å². The Kier molecular flexibility index (Phi) is 5.58. The van der Waals surface area contributed by atoms with Crippen LogP contribution >= 0.6 is 23.7 Å². The van der Waals surface area contributed by atoms with Gasteiger partial charge in [-0.25, -0.2) is 4.98 Å². The zero-order valence-corrected chi connectivity index (χ0v) is 14.6. The highest BCUT2D eigenvalue weighted by atomic mass is 35.5. The molecule has 0 unspecified atom stereocenters. The summed E-state index contributed by atoms with van der Waals surface area (Å²) >= 11 is 1.70. The summed E-state index contributed by atoms with van der Waals surface area (Å²) in [6.07, 6.45) is 4.04. The molecule has 0 atom stereocenters. The number of aliphatic imine (C=N–C) groups is 1. The quantitative estimate of drug-likeness (QED) is 0.545. The predicted octanol–water partition coefficient (Wildman–Crippen LogP) is 4.33. The van der Waals surface area contributed by atoms with Gasteiger partial charge in [-0.1, -0.05) is 6.07 Å². The second-order valence-corrected chi connectivity index (χ2v) is 6.29. The van der Waals surface area contributed by atoms with Crippen LogP contribution in [0.3, 0.4) is 0 Å². The summed E-state index contributed by atoms with van der Waals surface area (Å²) in [5.41, 5.74) is 8.82. The molecule has 0 fully saturated rings. The fourth-order valence-corrected chi connectivity index (χ4v) is 2.79. The number of hydrogen-bond donors (Lipinski definition) is 2. The van der Waals surface area contributed by atoms with Crippen LogP contribution in [-0.2, 0) is 0 Å². The van der Waals surface area contributed by atoms with Crippen LogP contribution in [0.25, 0.3) is 23.2 Å². The van der Waals surface area contributed by atoms with Crippen LogP contribution in [0.2, 0.25) is 0 Å². The summed E-state index contributed by atoms with van der Waals surface area (Å²) < 4.78 is 0. The molecule has 1 aromatic carbocycles. The molecule has 2 aromatic heterocycles. The summed E-state index contributed by atoms with van der Waals surface area (Å²) in [4.78, 5) is 13.4. The molecule has 23 heavy (non-hydrogen) atoms. The lowest BCUT2D eigenvalue weighted by Gasteiger charge is -2.03. The molecule has 0 saturated heterocycles. The number of H-pyrrole nitrogens is 1. The number of rotatable bonds is 4. The minimum Gasteiger partial charge on any atom is -0.383 e. The first kappa shape index (κ1) is 17.2. The molecule has 0 aliphatic heterocycles. The molecule has 2 heterocycles. The van der Waals surface area contributed by atoms with Gasteiger partial charge in [0.25, 0.3) is 0 Å². The molecule has 3 aromatic rings. The maximum absolute atomic E-state index is 6.02. The number of benzene rings is 1. The van der Waals surface area contributed by atoms with Crippen molar-refractivity contribution in [3.63, 3.8) is 0 Å². The van der Waals surface area contributed by atoms with E-state index in [1.807, 2.05) is 44.2 Å². The molecule has 4 nitrogen and oxygen atoms in total. The Morgan fingerprint density at radius 3 is 2.83 bits per heavy atom. The minimum atomic E-state index is 0. The van der Waals surface area contributed by atoms with E-state index in [0.717, 1.165) is 22.4 Å². The van der Waals surface area contributed by atoms with Crippen molar-refractivity contribution in [2.75, 3.05) is 0 Å². The Balaban J connectivity index is 0.00000192. The molecule has 120 valence electrons. The van der Waals surface area contributed by atoms with Crippen LogP contribution in [-0.4, -0.2) is 21.8 Å². The Bertz CT molecular complexity index is 832. The first-order valence-electron chi connectivity index (χ1n) is 7.17. The fraction of sp³-hybridized carbons (Fsp3) is 0.176. The number of nitrogens with one attached hydrogen (secondary N) is 1. The summed E-state index contributed by atoms with van der Waals surface area (Å²) in [6.45, 7) is 4.02. The number of nitrogens with zero attached hydrogens (tertiary/aromatic N) is 2. The van der Waals surface area contributed by atoms with Gasteiger partial charge in [-0.3, -0.25) is 4.99 Å². The van der Waals surface area contributed by atoms with E-state index < -0.39 is 0 Å². The maximum atomic E-state index is 6.02. The van der Waals surface area contributed by atoms with Crippen molar-refractivity contribution in [1.82, 2.24) is 9.97 Å². The van der Waals surface area contributed by atoms with Crippen LogP contribution in [0.1, 0.15) is 30.1 Å². The van der Waals surface area contributed by atoms with E-state index in [9.17, 15) is 0 Å². The SMILES string of the molecule is CC(C)N=C(N)c1ccc2nc(/C=C/c3cccs3)[nH]c2c1.Cl. The average molecular weight is 347 g/mol. The van der Waals surface area contributed by atoms with Crippen molar-refractivity contribution < 1.29 is 0 Å². The number of aromatic amines is 1. The third kappa shape index (κ3) is 4.21. The smallest absolute Gasteiger partial charge is 0.131 e. The van der Waals surface area contributed by atoms with Gasteiger partial charge in [0, 0.05) is 16.5 Å². The number of imidazole rings is 1. The van der Waals surface area contributed by atoms with E-state index in [2.05, 4.69) is 32.5 Å². The molecule has 3 N–H and O–H groups in total. The summed E-state index contributed by atoms with van der Waals surface area (Å²) in [5, 5.41) is 2.06. The zero-order valence-electron chi connectivity index (χ0n) is 13.0. The molecule has 0 aliphatic carbocycles. The molecule has 0 amide bonds. The van der Waals surface area contributed by atoms with Gasteiger partial charge in [-0.15, -0.1) is 23.7 Å². The van der Waals surface area contributed by atoms with Crippen molar-refractivity contribution >= 4 is 52.8 Å². The van der Waals surface area contributed by atoms with E-state index in [-0.39, 0.29) is 18.4 Å². The highest BCUT2D eigenvalue weighted by Crippen LogP contribution is 2.17. The van der Waals surface area contributed by atoms with Gasteiger partial charge in [-0.2, -0.15) is 0 Å². The number of aromatic nitrogens is 2. The topological polar surface area (TPSA) is 67.1 Å². The van der Waals surface area contributed by atoms with Gasteiger partial charge in [-0.05, 0) is 55.6 Å². The van der Waals surface area contributed by atoms with Crippen molar-refractivity contribution in [2.24, 2.45) is 10.7 Å². The van der Waals surface area contributed by atoms with Crippen LogP contribution in [0.15, 0.2) is 40.7 Å². The Labute approximate surface area is 145 Å². The Hall–Kier alpha value is -2.11. The van der Waals surface area contributed by atoms with Gasteiger partial charge in [0.1, 0.15) is 11.7 Å². The fourth-order valence-electron chi connectivity index (χ4n) is 2.17. The van der Waals surface area contributed by atoms with E-state index in [1.165, 1.54) is 4.88 Å². The van der Waals surface area contributed by atoms with Crippen LogP contribution < -0.4 is 5.73 Å². The number of hydrogen-bond acceptors (Lipinski definition) is 3. The molecule has 6 heteroatoms. The lowest BCUT2D eigenvalue weighted by atomic mass is 10.2. The molecule has 0 saturated carbocycles. The van der Waals surface area contributed by atoms with Crippen LogP contribution in [0, 0.1) is 0 Å². The summed E-state index contributed by atoms with van der Waals surface area (Å²) in [7, 11) is 0. The largest absolute Gasteiger partial charge is 0.383 e. The highest BCUT2D eigenvalue weighted by Gasteiger charge is 2.05. The third-order valence-electron chi connectivity index (χ3n) is 3.14. The van der Waals surface area contributed by atoms with Crippen molar-refractivity contribution in [3.05, 3.63) is 52.0 Å². The number of thiophene rings is 1. The van der Waals surface area contributed by atoms with E-state index in [4.69, 9.17) is 5.73 Å². The highest BCUT2D eigenvalue weighted by molar-refractivity contribution is 7.10. The number of amidine groups is 1. The van der Waals surface area contributed by atoms with Crippen LogP contribution in [0.4, 0.5) is 0 Å². The molecular formula is C17H19ClN4S. The molecule has 3 rings (SSSR count). The standard InChI is InChI=1S/C17H18N4S.ClH/c1-11(2)19-17(18)12-5-7-14-15(10-12)21-16(20-14)8-6-13-4-3-9-22-13;/h3-11H,1-2H3,(H2,18,19)(H,20,21);1H/b8-6+;. The molecular weight excluding hydrogens is 328 g/mol. The third-order valence-corrected chi connectivity index (χ3v) is 3.98. The van der Waals surface area contributed by atoms with Gasteiger partial charge in [0.15, 0.2) is 0 Å². The van der Waals surface area contributed by atoms with Crippen LogP contribution in [0.5, 0.6) is 0 Å². The molecule has 0 aliphatic rings. The second-order valence-electron chi connectivity index (χ2n) is 5.31. The molecule has 0 bridgehead atoms. The van der Waals surface area contributed by atoms with E-state index in [1.54, 1.807) is 11.3 Å². The number of halogens is 1. The Morgan fingerprint density at radius 1 is 1.30 bits per heavy atom. The molecule has 0 spiro atoms. The monoisotopic (exact) mass is 346 g/mol. The van der Waals surface area contributed by atoms with Gasteiger partial charge < -0.3 is 10.7 Å². The first-order valence-corrected chi connectivity index (χ1v) is 8.05. The second kappa shape index (κ2) is 7.44.